The van der Waals surface area contributed by atoms with Crippen LogP contribution in [0.5, 0.6) is 5.75 Å². The number of nitrogens with two attached hydrogens (primary N) is 1. The highest BCUT2D eigenvalue weighted by Gasteiger charge is 2.14. The first kappa shape index (κ1) is 12.2. The first-order valence-electron chi connectivity index (χ1n) is 4.60. The van der Waals surface area contributed by atoms with Gasteiger partial charge in [-0.2, -0.15) is 0 Å². The van der Waals surface area contributed by atoms with E-state index in [1.807, 2.05) is 0 Å². The molecule has 1 rings (SSSR count). The smallest absolute Gasteiger partial charge is 0.134 e. The molecule has 1 aromatic carbocycles. The lowest BCUT2D eigenvalue weighted by molar-refractivity contribution is 0.452. The molecule has 0 aromatic heterocycles. The Balaban J connectivity index is 2.96. The lowest BCUT2D eigenvalue weighted by Gasteiger charge is -2.13. The fraction of sp³-hybridized carbons (Fsp3) is 0.273. The molecule has 0 spiro atoms. The molecule has 0 amide bonds. The third-order valence-electron chi connectivity index (χ3n) is 2.14. The van der Waals surface area contributed by atoms with Gasteiger partial charge in [-0.05, 0) is 40.9 Å². The van der Waals surface area contributed by atoms with Crippen LogP contribution in [0.2, 0.25) is 0 Å². The molecule has 82 valence electrons. The molecule has 15 heavy (non-hydrogen) atoms. The standard InChI is InChI=1S/C11H13BrFNO/c1-2-3-4-10(14)8-5-7(13)6-9(12)11(8)15/h2,5-6,10,15H,1,3-4,14H2/t10-/m1/s1. The number of allylic oxidation sites excluding steroid dienone is 1. The van der Waals surface area contributed by atoms with Gasteiger partial charge in [0.25, 0.3) is 0 Å². The van der Waals surface area contributed by atoms with Crippen molar-refractivity contribution in [1.29, 1.82) is 0 Å². The van der Waals surface area contributed by atoms with Crippen LogP contribution in [0.15, 0.2) is 29.3 Å². The van der Waals surface area contributed by atoms with Crippen molar-refractivity contribution in [2.24, 2.45) is 5.73 Å². The van der Waals surface area contributed by atoms with Crippen LogP contribution >= 0.6 is 15.9 Å². The molecule has 1 aromatic rings. The van der Waals surface area contributed by atoms with Crippen molar-refractivity contribution in [1.82, 2.24) is 0 Å². The van der Waals surface area contributed by atoms with Gasteiger partial charge in [0.05, 0.1) is 4.47 Å². The highest BCUT2D eigenvalue weighted by molar-refractivity contribution is 9.10. The van der Waals surface area contributed by atoms with Crippen molar-refractivity contribution < 1.29 is 9.50 Å². The van der Waals surface area contributed by atoms with Gasteiger partial charge in [0.2, 0.25) is 0 Å². The molecule has 0 aliphatic rings. The first-order chi connectivity index (χ1) is 7.06. The Hall–Kier alpha value is -0.870. The first-order valence-corrected chi connectivity index (χ1v) is 5.40. The summed E-state index contributed by atoms with van der Waals surface area (Å²) in [5, 5.41) is 9.67. The normalized spacial score (nSPS) is 12.5. The Morgan fingerprint density at radius 2 is 2.27 bits per heavy atom. The zero-order chi connectivity index (χ0) is 11.4. The van der Waals surface area contributed by atoms with Gasteiger partial charge in [-0.25, -0.2) is 4.39 Å². The molecule has 1 atom stereocenters. The van der Waals surface area contributed by atoms with Crippen LogP contribution in [0.1, 0.15) is 24.4 Å². The number of hydrogen-bond donors (Lipinski definition) is 2. The van der Waals surface area contributed by atoms with E-state index in [0.717, 1.165) is 6.42 Å². The molecule has 0 radical (unpaired) electrons. The summed E-state index contributed by atoms with van der Waals surface area (Å²) in [6.45, 7) is 3.58. The Bertz CT molecular complexity index is 368. The van der Waals surface area contributed by atoms with Gasteiger partial charge in [-0.1, -0.05) is 6.08 Å². The fourth-order valence-electron chi connectivity index (χ4n) is 1.32. The van der Waals surface area contributed by atoms with Gasteiger partial charge in [0.15, 0.2) is 0 Å². The highest BCUT2D eigenvalue weighted by atomic mass is 79.9. The summed E-state index contributed by atoms with van der Waals surface area (Å²) in [6.07, 6.45) is 3.10. The Labute approximate surface area is 96.7 Å². The topological polar surface area (TPSA) is 46.2 Å². The summed E-state index contributed by atoms with van der Waals surface area (Å²) in [6, 6.07) is 2.09. The van der Waals surface area contributed by atoms with E-state index in [-0.39, 0.29) is 11.8 Å². The predicted molar refractivity (Wildman–Crippen MR) is 62.1 cm³/mol. The average Bonchev–Trinajstić information content (AvgIpc) is 2.19. The maximum atomic E-state index is 13.1. The second-order valence-electron chi connectivity index (χ2n) is 3.30. The summed E-state index contributed by atoms with van der Waals surface area (Å²) >= 11 is 3.07. The number of phenols is 1. The van der Waals surface area contributed by atoms with Crippen molar-refractivity contribution >= 4 is 15.9 Å². The van der Waals surface area contributed by atoms with Gasteiger partial charge in [-0.3, -0.25) is 0 Å². The lowest BCUT2D eigenvalue weighted by atomic mass is 10.0. The maximum Gasteiger partial charge on any atom is 0.134 e. The largest absolute Gasteiger partial charge is 0.506 e. The maximum absolute atomic E-state index is 13.1. The quantitative estimate of drug-likeness (QED) is 0.828. The highest BCUT2D eigenvalue weighted by Crippen LogP contribution is 2.33. The van der Waals surface area contributed by atoms with E-state index in [1.165, 1.54) is 12.1 Å². The number of aromatic hydroxyl groups is 1. The third kappa shape index (κ3) is 3.04. The van der Waals surface area contributed by atoms with Crippen molar-refractivity contribution in [3.8, 4) is 5.75 Å². The average molecular weight is 274 g/mol. The Morgan fingerprint density at radius 1 is 1.60 bits per heavy atom. The van der Waals surface area contributed by atoms with Crippen molar-refractivity contribution in [2.75, 3.05) is 0 Å². The third-order valence-corrected chi connectivity index (χ3v) is 2.74. The summed E-state index contributed by atoms with van der Waals surface area (Å²) < 4.78 is 13.4. The minimum atomic E-state index is -0.413. The number of hydrogen-bond acceptors (Lipinski definition) is 2. The van der Waals surface area contributed by atoms with E-state index >= 15 is 0 Å². The molecule has 0 unspecified atom stereocenters. The van der Waals surface area contributed by atoms with E-state index in [0.29, 0.717) is 16.5 Å². The zero-order valence-electron chi connectivity index (χ0n) is 8.21. The van der Waals surface area contributed by atoms with E-state index in [4.69, 9.17) is 5.73 Å². The Kier molecular flexibility index (Phi) is 4.29. The van der Waals surface area contributed by atoms with Gasteiger partial charge < -0.3 is 10.8 Å². The van der Waals surface area contributed by atoms with Gasteiger partial charge >= 0.3 is 0 Å². The Morgan fingerprint density at radius 3 is 2.87 bits per heavy atom. The second kappa shape index (κ2) is 5.28. The molecule has 0 saturated carbocycles. The molecule has 0 aliphatic carbocycles. The molecule has 2 nitrogen and oxygen atoms in total. The number of halogens is 2. The molecule has 0 fully saturated rings. The summed E-state index contributed by atoms with van der Waals surface area (Å²) in [4.78, 5) is 0. The van der Waals surface area contributed by atoms with Crippen molar-refractivity contribution in [3.63, 3.8) is 0 Å². The fourth-order valence-corrected chi connectivity index (χ4v) is 1.77. The molecule has 0 bridgehead atoms. The molecule has 0 aliphatic heterocycles. The van der Waals surface area contributed by atoms with Crippen LogP contribution in [-0.4, -0.2) is 5.11 Å². The predicted octanol–water partition coefficient (Wildman–Crippen LogP) is 3.26. The van der Waals surface area contributed by atoms with Gasteiger partial charge in [-0.15, -0.1) is 6.58 Å². The second-order valence-corrected chi connectivity index (χ2v) is 4.15. The number of benzene rings is 1. The minimum Gasteiger partial charge on any atom is -0.506 e. The van der Waals surface area contributed by atoms with Crippen molar-refractivity contribution in [2.45, 2.75) is 18.9 Å². The van der Waals surface area contributed by atoms with Crippen LogP contribution in [-0.2, 0) is 0 Å². The van der Waals surface area contributed by atoms with Crippen LogP contribution in [0.25, 0.3) is 0 Å². The van der Waals surface area contributed by atoms with Crippen LogP contribution in [0, 0.1) is 5.82 Å². The molecule has 0 saturated heterocycles. The van der Waals surface area contributed by atoms with E-state index in [9.17, 15) is 9.50 Å². The van der Waals surface area contributed by atoms with Crippen LogP contribution in [0.4, 0.5) is 4.39 Å². The zero-order valence-corrected chi connectivity index (χ0v) is 9.80. The summed E-state index contributed by atoms with van der Waals surface area (Å²) in [5.41, 5.74) is 6.24. The van der Waals surface area contributed by atoms with Gasteiger partial charge in [0, 0.05) is 11.6 Å². The molecule has 0 heterocycles. The van der Waals surface area contributed by atoms with Crippen LogP contribution < -0.4 is 5.73 Å². The SMILES string of the molecule is C=CCC[C@@H](N)c1cc(F)cc(Br)c1O. The van der Waals surface area contributed by atoms with E-state index < -0.39 is 5.82 Å². The molecular formula is C11H13BrFNO. The molecular weight excluding hydrogens is 261 g/mol. The summed E-state index contributed by atoms with van der Waals surface area (Å²) in [7, 11) is 0. The van der Waals surface area contributed by atoms with E-state index in [1.54, 1.807) is 6.08 Å². The molecule has 4 heteroatoms. The monoisotopic (exact) mass is 273 g/mol. The molecule has 3 N–H and O–H groups in total. The van der Waals surface area contributed by atoms with Crippen molar-refractivity contribution in [3.05, 3.63) is 40.6 Å². The minimum absolute atomic E-state index is 0.00737. The van der Waals surface area contributed by atoms with Crippen LogP contribution in [0.3, 0.4) is 0 Å². The lowest BCUT2D eigenvalue weighted by Crippen LogP contribution is -2.10. The van der Waals surface area contributed by atoms with Gasteiger partial charge in [0.1, 0.15) is 11.6 Å². The van der Waals surface area contributed by atoms with E-state index in [2.05, 4.69) is 22.5 Å². The number of phenolic OH excluding ortho intramolecular Hbond substituents is 1. The summed E-state index contributed by atoms with van der Waals surface area (Å²) in [5.74, 6) is -0.406. The number of rotatable bonds is 4.